The third-order valence-corrected chi connectivity index (χ3v) is 1.83. The number of rotatable bonds is 4. The van der Waals surface area contributed by atoms with E-state index in [-0.39, 0.29) is 5.82 Å². The van der Waals surface area contributed by atoms with Gasteiger partial charge in [0.1, 0.15) is 5.82 Å². The van der Waals surface area contributed by atoms with Crippen molar-refractivity contribution in [1.29, 1.82) is 0 Å². The van der Waals surface area contributed by atoms with Gasteiger partial charge >= 0.3 is 5.69 Å². The minimum Gasteiger partial charge on any atom is -0.385 e. The summed E-state index contributed by atoms with van der Waals surface area (Å²) in [6, 6.07) is 1.14. The van der Waals surface area contributed by atoms with Gasteiger partial charge in [0.05, 0.1) is 6.67 Å². The first-order valence-electron chi connectivity index (χ1n) is 4.30. The Hall–Kier alpha value is -1.59. The molecular formula is C8H12FN3O2. The third kappa shape index (κ3) is 2.45. The topological polar surface area (TPSA) is 80.9 Å². The number of nitrogens with zero attached hydrogens (tertiary/aromatic N) is 1. The summed E-state index contributed by atoms with van der Waals surface area (Å²) in [7, 11) is 0. The molecule has 0 saturated carbocycles. The molecule has 0 aliphatic heterocycles. The van der Waals surface area contributed by atoms with Crippen molar-refractivity contribution in [1.82, 2.24) is 9.55 Å². The van der Waals surface area contributed by atoms with Crippen LogP contribution in [-0.2, 0) is 6.54 Å². The van der Waals surface area contributed by atoms with Crippen LogP contribution < -0.4 is 17.0 Å². The summed E-state index contributed by atoms with van der Waals surface area (Å²) in [5, 5.41) is 0. The molecule has 78 valence electrons. The van der Waals surface area contributed by atoms with Crippen LogP contribution in [-0.4, -0.2) is 16.2 Å². The number of H-pyrrole nitrogens is 1. The Morgan fingerprint density at radius 3 is 2.71 bits per heavy atom. The molecule has 1 heterocycles. The number of halogens is 1. The molecule has 0 saturated heterocycles. The van der Waals surface area contributed by atoms with E-state index in [2.05, 4.69) is 4.98 Å². The molecule has 0 fully saturated rings. The maximum absolute atomic E-state index is 11.8. The standard InChI is InChI=1S/C8H12FN3O2/c9-3-1-2-4-12-6(10)5-7(13)11-8(12)14/h5H,1-4,10H2,(H,11,13,14). The predicted molar refractivity (Wildman–Crippen MR) is 50.9 cm³/mol. The fourth-order valence-corrected chi connectivity index (χ4v) is 1.13. The van der Waals surface area contributed by atoms with Crippen LogP contribution >= 0.6 is 0 Å². The second-order valence-corrected chi connectivity index (χ2v) is 2.91. The molecule has 0 bridgehead atoms. The monoisotopic (exact) mass is 201 g/mol. The minimum atomic E-state index is -0.547. The molecule has 0 aliphatic carbocycles. The molecule has 5 nitrogen and oxygen atoms in total. The van der Waals surface area contributed by atoms with Crippen LogP contribution in [0.2, 0.25) is 0 Å². The number of unbranched alkanes of at least 4 members (excludes halogenated alkanes) is 1. The SMILES string of the molecule is Nc1cc(=O)[nH]c(=O)n1CCCCF. The molecule has 1 aromatic rings. The van der Waals surface area contributed by atoms with Crippen LogP contribution in [0.15, 0.2) is 15.7 Å². The van der Waals surface area contributed by atoms with Gasteiger partial charge < -0.3 is 5.73 Å². The zero-order valence-corrected chi connectivity index (χ0v) is 7.62. The number of hydrogen-bond acceptors (Lipinski definition) is 3. The number of aromatic amines is 1. The lowest BCUT2D eigenvalue weighted by atomic mass is 10.3. The van der Waals surface area contributed by atoms with Crippen molar-refractivity contribution < 1.29 is 4.39 Å². The van der Waals surface area contributed by atoms with E-state index >= 15 is 0 Å². The predicted octanol–water partition coefficient (Wildman–Crippen LogP) is -0.132. The van der Waals surface area contributed by atoms with Crippen molar-refractivity contribution in [3.05, 3.63) is 26.9 Å². The van der Waals surface area contributed by atoms with Crippen molar-refractivity contribution >= 4 is 5.82 Å². The van der Waals surface area contributed by atoms with Gasteiger partial charge in [0.2, 0.25) is 0 Å². The highest BCUT2D eigenvalue weighted by Gasteiger charge is 2.01. The second kappa shape index (κ2) is 4.59. The number of alkyl halides is 1. The summed E-state index contributed by atoms with van der Waals surface area (Å²) in [5.74, 6) is 0.109. The van der Waals surface area contributed by atoms with Crippen LogP contribution in [0.1, 0.15) is 12.8 Å². The average molecular weight is 201 g/mol. The Bertz CT molecular complexity index is 410. The van der Waals surface area contributed by atoms with Gasteiger partial charge in [-0.15, -0.1) is 0 Å². The Balaban J connectivity index is 2.86. The highest BCUT2D eigenvalue weighted by Crippen LogP contribution is 1.97. The van der Waals surface area contributed by atoms with E-state index in [0.29, 0.717) is 19.4 Å². The maximum Gasteiger partial charge on any atom is 0.329 e. The number of nitrogen functional groups attached to an aromatic ring is 1. The van der Waals surface area contributed by atoms with E-state index < -0.39 is 17.9 Å². The van der Waals surface area contributed by atoms with Crippen LogP contribution in [0.4, 0.5) is 10.2 Å². The van der Waals surface area contributed by atoms with Crippen LogP contribution in [0.3, 0.4) is 0 Å². The minimum absolute atomic E-state index is 0.109. The highest BCUT2D eigenvalue weighted by molar-refractivity contribution is 5.25. The van der Waals surface area contributed by atoms with E-state index in [0.717, 1.165) is 6.07 Å². The number of hydrogen-bond donors (Lipinski definition) is 2. The molecular weight excluding hydrogens is 189 g/mol. The number of nitrogens with two attached hydrogens (primary N) is 1. The molecule has 0 aliphatic rings. The van der Waals surface area contributed by atoms with Crippen LogP contribution in [0, 0.1) is 0 Å². The van der Waals surface area contributed by atoms with Gasteiger partial charge in [-0.05, 0) is 12.8 Å². The first-order chi connectivity index (χ1) is 6.65. The maximum atomic E-state index is 11.8. The largest absolute Gasteiger partial charge is 0.385 e. The number of nitrogens with one attached hydrogen (secondary N) is 1. The van der Waals surface area contributed by atoms with Gasteiger partial charge in [0.15, 0.2) is 0 Å². The van der Waals surface area contributed by atoms with Crippen molar-refractivity contribution in [2.45, 2.75) is 19.4 Å². The molecule has 6 heteroatoms. The van der Waals surface area contributed by atoms with Crippen molar-refractivity contribution in [3.8, 4) is 0 Å². The normalized spacial score (nSPS) is 10.4. The highest BCUT2D eigenvalue weighted by atomic mass is 19.1. The summed E-state index contributed by atoms with van der Waals surface area (Å²) in [4.78, 5) is 24.1. The number of anilines is 1. The van der Waals surface area contributed by atoms with E-state index in [1.807, 2.05) is 0 Å². The molecule has 14 heavy (non-hydrogen) atoms. The van der Waals surface area contributed by atoms with E-state index in [4.69, 9.17) is 5.73 Å². The summed E-state index contributed by atoms with van der Waals surface area (Å²) in [6.07, 6.45) is 0.900. The second-order valence-electron chi connectivity index (χ2n) is 2.91. The first kappa shape index (κ1) is 10.5. The van der Waals surface area contributed by atoms with Gasteiger partial charge in [-0.2, -0.15) is 0 Å². The molecule has 0 radical (unpaired) electrons. The van der Waals surface area contributed by atoms with Gasteiger partial charge in [0, 0.05) is 12.6 Å². The zero-order valence-electron chi connectivity index (χ0n) is 7.62. The Morgan fingerprint density at radius 1 is 1.43 bits per heavy atom. The summed E-state index contributed by atoms with van der Waals surface area (Å²) >= 11 is 0. The fourth-order valence-electron chi connectivity index (χ4n) is 1.13. The summed E-state index contributed by atoms with van der Waals surface area (Å²) < 4.78 is 13.0. The van der Waals surface area contributed by atoms with Gasteiger partial charge in [-0.1, -0.05) is 0 Å². The molecule has 1 rings (SSSR count). The molecule has 3 N–H and O–H groups in total. The number of aromatic nitrogens is 2. The lowest BCUT2D eigenvalue weighted by Gasteiger charge is -2.06. The Labute approximate surface area is 79.4 Å². The average Bonchev–Trinajstić information content (AvgIpc) is 2.09. The smallest absolute Gasteiger partial charge is 0.329 e. The zero-order chi connectivity index (χ0) is 10.6. The van der Waals surface area contributed by atoms with Gasteiger partial charge in [0.25, 0.3) is 5.56 Å². The van der Waals surface area contributed by atoms with Crippen LogP contribution in [0.25, 0.3) is 0 Å². The molecule has 1 aromatic heterocycles. The fraction of sp³-hybridized carbons (Fsp3) is 0.500. The van der Waals surface area contributed by atoms with E-state index in [1.165, 1.54) is 4.57 Å². The van der Waals surface area contributed by atoms with E-state index in [9.17, 15) is 14.0 Å². The van der Waals surface area contributed by atoms with Crippen molar-refractivity contribution in [2.75, 3.05) is 12.4 Å². The molecule has 0 aromatic carbocycles. The van der Waals surface area contributed by atoms with Gasteiger partial charge in [-0.3, -0.25) is 18.7 Å². The van der Waals surface area contributed by atoms with Crippen molar-refractivity contribution in [2.24, 2.45) is 0 Å². The Morgan fingerprint density at radius 2 is 2.14 bits per heavy atom. The first-order valence-corrected chi connectivity index (χ1v) is 4.30. The van der Waals surface area contributed by atoms with E-state index in [1.54, 1.807) is 0 Å². The summed E-state index contributed by atoms with van der Waals surface area (Å²) in [5.41, 5.74) is 4.39. The van der Waals surface area contributed by atoms with Crippen LogP contribution in [0.5, 0.6) is 0 Å². The quantitative estimate of drug-likeness (QED) is 0.666. The third-order valence-electron chi connectivity index (χ3n) is 1.83. The summed E-state index contributed by atoms with van der Waals surface area (Å²) in [6.45, 7) is -0.0939. The lowest BCUT2D eigenvalue weighted by Crippen LogP contribution is -2.31. The van der Waals surface area contributed by atoms with Crippen molar-refractivity contribution in [3.63, 3.8) is 0 Å². The molecule has 0 spiro atoms. The van der Waals surface area contributed by atoms with Gasteiger partial charge in [-0.25, -0.2) is 4.79 Å². The lowest BCUT2D eigenvalue weighted by molar-refractivity contribution is 0.445. The molecule has 0 amide bonds. The Kier molecular flexibility index (Phi) is 3.44. The molecule has 0 atom stereocenters. The molecule has 0 unspecified atom stereocenters.